The van der Waals surface area contributed by atoms with Gasteiger partial charge in [0.25, 0.3) is 0 Å². The lowest BCUT2D eigenvalue weighted by molar-refractivity contribution is -0.117. The zero-order valence-electron chi connectivity index (χ0n) is 6.19. The third-order valence-corrected chi connectivity index (χ3v) is 1.29. The molecule has 0 aliphatic rings. The average molecular weight is 127 g/mol. The maximum atomic E-state index is 10.3. The van der Waals surface area contributed by atoms with Crippen LogP contribution >= 0.6 is 0 Å². The molecule has 0 fully saturated rings. The number of nitrogens with two attached hydrogens (primary N) is 1. The van der Waals surface area contributed by atoms with Gasteiger partial charge in [-0.2, -0.15) is 0 Å². The van der Waals surface area contributed by atoms with Crippen LogP contribution in [0.1, 0.15) is 27.2 Å². The Balaban J connectivity index is 3.92. The highest BCUT2D eigenvalue weighted by Crippen LogP contribution is 2.04. The molecule has 52 valence electrons. The third kappa shape index (κ3) is 3.76. The molecule has 9 heavy (non-hydrogen) atoms. The van der Waals surface area contributed by atoms with Gasteiger partial charge in [0.1, 0.15) is 0 Å². The first kappa shape index (κ1) is 8.21. The lowest BCUT2D eigenvalue weighted by Gasteiger charge is -1.97. The summed E-state index contributed by atoms with van der Waals surface area (Å²) in [6, 6.07) is 0. The van der Waals surface area contributed by atoms with Crippen LogP contribution in [0.15, 0.2) is 11.1 Å². The second-order valence-corrected chi connectivity index (χ2v) is 2.42. The van der Waals surface area contributed by atoms with Gasteiger partial charge in [0.05, 0.1) is 0 Å². The lowest BCUT2D eigenvalue weighted by Crippen LogP contribution is -2.10. The Labute approximate surface area is 55.7 Å². The predicted octanol–water partition coefficient (Wildman–Crippen LogP) is 1.22. The van der Waals surface area contributed by atoms with E-state index in [-0.39, 0.29) is 5.91 Å². The molecule has 0 spiro atoms. The highest BCUT2D eigenvalue weighted by atomic mass is 16.1. The van der Waals surface area contributed by atoms with Gasteiger partial charge in [-0.1, -0.05) is 11.1 Å². The molecule has 0 rings (SSSR count). The summed E-state index contributed by atoms with van der Waals surface area (Å²) in [5.74, 6) is -0.256. The first-order chi connectivity index (χ1) is 4.04. The van der Waals surface area contributed by atoms with Crippen LogP contribution in [0.2, 0.25) is 0 Å². The Morgan fingerprint density at radius 3 is 1.89 bits per heavy atom. The van der Waals surface area contributed by atoms with Gasteiger partial charge in [-0.15, -0.1) is 0 Å². The number of carbonyl (C=O) groups excluding carboxylic acids is 1. The molecule has 0 bridgehead atoms. The standard InChI is InChI=1S/C7H13NO/c1-5(2)6(3)4-7(8)9/h4H2,1-3H3,(H2,8,9). The van der Waals surface area contributed by atoms with Crippen LogP contribution in [0.3, 0.4) is 0 Å². The molecule has 0 heterocycles. The normalized spacial score (nSPS) is 8.78. The van der Waals surface area contributed by atoms with Gasteiger partial charge in [-0.25, -0.2) is 0 Å². The number of allylic oxidation sites excluding steroid dienone is 1. The average Bonchev–Trinajstić information content (AvgIpc) is 1.63. The molecule has 0 radical (unpaired) electrons. The van der Waals surface area contributed by atoms with Gasteiger partial charge >= 0.3 is 0 Å². The first-order valence-corrected chi connectivity index (χ1v) is 2.95. The van der Waals surface area contributed by atoms with Crippen molar-refractivity contribution in [2.24, 2.45) is 5.73 Å². The van der Waals surface area contributed by atoms with Crippen LogP contribution in [-0.2, 0) is 4.79 Å². The number of hydrogen-bond acceptors (Lipinski definition) is 1. The van der Waals surface area contributed by atoms with Crippen molar-refractivity contribution in [3.8, 4) is 0 Å². The molecular formula is C7H13NO. The molecule has 0 saturated heterocycles. The summed E-state index contributed by atoms with van der Waals surface area (Å²) in [6.45, 7) is 5.86. The molecule has 1 amide bonds. The van der Waals surface area contributed by atoms with Crippen molar-refractivity contribution in [1.29, 1.82) is 0 Å². The Morgan fingerprint density at radius 2 is 1.78 bits per heavy atom. The largest absolute Gasteiger partial charge is 0.369 e. The number of rotatable bonds is 2. The summed E-state index contributed by atoms with van der Waals surface area (Å²) < 4.78 is 0. The molecule has 2 N–H and O–H groups in total. The lowest BCUT2D eigenvalue weighted by atomic mass is 10.1. The minimum atomic E-state index is -0.256. The Hall–Kier alpha value is -0.790. The Kier molecular flexibility index (Phi) is 2.99. The fourth-order valence-electron chi connectivity index (χ4n) is 0.438. The van der Waals surface area contributed by atoms with Crippen LogP contribution in [0.25, 0.3) is 0 Å². The van der Waals surface area contributed by atoms with Crippen molar-refractivity contribution >= 4 is 5.91 Å². The van der Waals surface area contributed by atoms with Crippen molar-refractivity contribution in [3.05, 3.63) is 11.1 Å². The number of amides is 1. The zero-order valence-corrected chi connectivity index (χ0v) is 6.19. The van der Waals surface area contributed by atoms with E-state index in [0.717, 1.165) is 5.57 Å². The van der Waals surface area contributed by atoms with Crippen molar-refractivity contribution < 1.29 is 4.79 Å². The van der Waals surface area contributed by atoms with Gasteiger partial charge in [-0.05, 0) is 20.8 Å². The maximum absolute atomic E-state index is 10.3. The summed E-state index contributed by atoms with van der Waals surface area (Å²) in [7, 11) is 0. The second kappa shape index (κ2) is 3.28. The fourth-order valence-corrected chi connectivity index (χ4v) is 0.438. The van der Waals surface area contributed by atoms with Gasteiger partial charge in [0.2, 0.25) is 5.91 Å². The van der Waals surface area contributed by atoms with Crippen molar-refractivity contribution in [2.45, 2.75) is 27.2 Å². The molecule has 2 nitrogen and oxygen atoms in total. The number of primary amides is 1. The molecule has 0 aromatic rings. The molecule has 0 unspecified atom stereocenters. The topological polar surface area (TPSA) is 43.1 Å². The van der Waals surface area contributed by atoms with Gasteiger partial charge in [0, 0.05) is 6.42 Å². The zero-order chi connectivity index (χ0) is 7.44. The molecule has 0 aromatic heterocycles. The van der Waals surface area contributed by atoms with Crippen LogP contribution in [0, 0.1) is 0 Å². The van der Waals surface area contributed by atoms with Crippen LogP contribution in [-0.4, -0.2) is 5.91 Å². The summed E-state index contributed by atoms with van der Waals surface area (Å²) in [6.07, 6.45) is 0.391. The fraction of sp³-hybridized carbons (Fsp3) is 0.571. The van der Waals surface area contributed by atoms with E-state index in [1.807, 2.05) is 20.8 Å². The monoisotopic (exact) mass is 127 g/mol. The van der Waals surface area contributed by atoms with Crippen LogP contribution < -0.4 is 5.73 Å². The summed E-state index contributed by atoms with van der Waals surface area (Å²) in [5.41, 5.74) is 7.20. The molecule has 0 atom stereocenters. The second-order valence-electron chi connectivity index (χ2n) is 2.42. The van der Waals surface area contributed by atoms with E-state index in [4.69, 9.17) is 5.73 Å². The Morgan fingerprint density at radius 1 is 1.33 bits per heavy atom. The summed E-state index contributed by atoms with van der Waals surface area (Å²) in [4.78, 5) is 10.3. The minimum Gasteiger partial charge on any atom is -0.369 e. The molecule has 0 saturated carbocycles. The van der Waals surface area contributed by atoms with E-state index in [9.17, 15) is 4.79 Å². The van der Waals surface area contributed by atoms with E-state index >= 15 is 0 Å². The highest BCUT2D eigenvalue weighted by Gasteiger charge is 1.96. The summed E-state index contributed by atoms with van der Waals surface area (Å²) >= 11 is 0. The van der Waals surface area contributed by atoms with E-state index in [2.05, 4.69) is 0 Å². The Bertz CT molecular complexity index is 143. The van der Waals surface area contributed by atoms with Crippen LogP contribution in [0.4, 0.5) is 0 Å². The highest BCUT2D eigenvalue weighted by molar-refractivity contribution is 5.76. The smallest absolute Gasteiger partial charge is 0.221 e. The van der Waals surface area contributed by atoms with Gasteiger partial charge in [-0.3, -0.25) is 4.79 Å². The molecular weight excluding hydrogens is 114 g/mol. The molecule has 0 aliphatic carbocycles. The van der Waals surface area contributed by atoms with E-state index in [1.54, 1.807) is 0 Å². The molecule has 0 aliphatic heterocycles. The molecule has 2 heteroatoms. The van der Waals surface area contributed by atoms with E-state index < -0.39 is 0 Å². The minimum absolute atomic E-state index is 0.256. The van der Waals surface area contributed by atoms with Crippen molar-refractivity contribution in [2.75, 3.05) is 0 Å². The number of hydrogen-bond donors (Lipinski definition) is 1. The quantitative estimate of drug-likeness (QED) is 0.557. The summed E-state index contributed by atoms with van der Waals surface area (Å²) in [5, 5.41) is 0. The predicted molar refractivity (Wildman–Crippen MR) is 37.9 cm³/mol. The van der Waals surface area contributed by atoms with Crippen LogP contribution in [0.5, 0.6) is 0 Å². The first-order valence-electron chi connectivity index (χ1n) is 2.95. The maximum Gasteiger partial charge on any atom is 0.221 e. The SMILES string of the molecule is CC(C)=C(C)CC(N)=O. The van der Waals surface area contributed by atoms with Crippen molar-refractivity contribution in [1.82, 2.24) is 0 Å². The van der Waals surface area contributed by atoms with Crippen molar-refractivity contribution in [3.63, 3.8) is 0 Å². The van der Waals surface area contributed by atoms with E-state index in [0.29, 0.717) is 6.42 Å². The number of carbonyl (C=O) groups is 1. The van der Waals surface area contributed by atoms with Gasteiger partial charge in [0.15, 0.2) is 0 Å². The molecule has 0 aromatic carbocycles. The third-order valence-electron chi connectivity index (χ3n) is 1.29. The van der Waals surface area contributed by atoms with E-state index in [1.165, 1.54) is 5.57 Å². The van der Waals surface area contributed by atoms with Gasteiger partial charge < -0.3 is 5.73 Å².